The first-order valence-corrected chi connectivity index (χ1v) is 7.57. The zero-order valence-electron chi connectivity index (χ0n) is 11.3. The van der Waals surface area contributed by atoms with Crippen LogP contribution in [0.15, 0.2) is 59.5 Å². The summed E-state index contributed by atoms with van der Waals surface area (Å²) in [5.41, 5.74) is 2.65. The minimum absolute atomic E-state index is 0.0530. The van der Waals surface area contributed by atoms with Crippen LogP contribution in [0.25, 0.3) is 0 Å². The highest BCUT2D eigenvalue weighted by atomic mass is 32.2. The van der Waals surface area contributed by atoms with Crippen molar-refractivity contribution in [1.82, 2.24) is 0 Å². The molecule has 0 amide bonds. The third-order valence-corrected chi connectivity index (χ3v) is 5.70. The monoisotopic (exact) mass is 256 g/mol. The highest BCUT2D eigenvalue weighted by Gasteiger charge is 2.23. The van der Waals surface area contributed by atoms with E-state index in [-0.39, 0.29) is 15.2 Å². The molecule has 0 fully saturated rings. The molecule has 18 heavy (non-hydrogen) atoms. The first-order chi connectivity index (χ1) is 8.51. The van der Waals surface area contributed by atoms with Gasteiger partial charge in [-0.1, -0.05) is 53.9 Å². The van der Waals surface area contributed by atoms with E-state index in [9.17, 15) is 0 Å². The fraction of sp³-hybridized carbons (Fsp3) is 0.235. The van der Waals surface area contributed by atoms with Crippen molar-refractivity contribution in [2.45, 2.75) is 30.4 Å². The molecule has 94 valence electrons. The number of aryl methyl sites for hydroxylation is 1. The Morgan fingerprint density at radius 3 is 2.00 bits per heavy atom. The van der Waals surface area contributed by atoms with Crippen LogP contribution in [0.5, 0.6) is 0 Å². The second-order valence-electron chi connectivity index (χ2n) is 5.08. The first kappa shape index (κ1) is 13.1. The van der Waals surface area contributed by atoms with Crippen LogP contribution in [0.3, 0.4) is 0 Å². The predicted molar refractivity (Wildman–Crippen MR) is 83.6 cm³/mol. The van der Waals surface area contributed by atoms with E-state index in [0.29, 0.717) is 0 Å². The topological polar surface area (TPSA) is 0 Å². The van der Waals surface area contributed by atoms with Crippen LogP contribution in [0.2, 0.25) is 0 Å². The molecule has 1 atom stereocenters. The van der Waals surface area contributed by atoms with Crippen LogP contribution >= 0.6 is 10.5 Å². The normalized spacial score (nSPS) is 13.3. The molecule has 1 unspecified atom stereocenters. The predicted octanol–water partition coefficient (Wildman–Crippen LogP) is 4.99. The van der Waals surface area contributed by atoms with E-state index < -0.39 is 0 Å². The van der Waals surface area contributed by atoms with Crippen LogP contribution in [-0.2, 0) is 4.75 Å². The minimum atomic E-state index is -0.0530. The molecule has 0 aliphatic carbocycles. The second kappa shape index (κ2) is 5.11. The van der Waals surface area contributed by atoms with Crippen LogP contribution in [0.1, 0.15) is 25.0 Å². The van der Waals surface area contributed by atoms with Gasteiger partial charge >= 0.3 is 0 Å². The van der Waals surface area contributed by atoms with Gasteiger partial charge in [-0.25, -0.2) is 0 Å². The summed E-state index contributed by atoms with van der Waals surface area (Å²) in [4.78, 5) is 1.33. The third kappa shape index (κ3) is 2.56. The van der Waals surface area contributed by atoms with Crippen molar-refractivity contribution in [2.24, 2.45) is 0 Å². The number of rotatable bonds is 3. The van der Waals surface area contributed by atoms with Gasteiger partial charge in [-0.05, 0) is 38.5 Å². The average molecular weight is 256 g/mol. The van der Waals surface area contributed by atoms with Crippen molar-refractivity contribution in [1.29, 1.82) is 0 Å². The molecular formula is C17H20S. The van der Waals surface area contributed by atoms with Crippen molar-refractivity contribution in [2.75, 3.05) is 0 Å². The molecule has 0 aliphatic rings. The summed E-state index contributed by atoms with van der Waals surface area (Å²) in [5.74, 6) is 4.41. The van der Waals surface area contributed by atoms with E-state index in [1.165, 1.54) is 16.0 Å². The molecule has 0 radical (unpaired) electrons. The standard InChI is InChI=1S/C17H20S/c1-14-10-12-16(13-11-14)18(4)17(2,3)15-8-6-5-7-9-15/h5-13H,4H2,1-3H3. The quantitative estimate of drug-likeness (QED) is 0.679. The second-order valence-corrected chi connectivity index (χ2v) is 7.35. The maximum absolute atomic E-state index is 4.41. The largest absolute Gasteiger partial charge is 0.152 e. The van der Waals surface area contributed by atoms with E-state index in [2.05, 4.69) is 81.2 Å². The summed E-state index contributed by atoms with van der Waals surface area (Å²) in [6, 6.07) is 19.4. The summed E-state index contributed by atoms with van der Waals surface area (Å²) in [7, 11) is -0.0530. The molecule has 2 rings (SSSR count). The van der Waals surface area contributed by atoms with Gasteiger partial charge in [0.25, 0.3) is 0 Å². The fourth-order valence-corrected chi connectivity index (χ4v) is 3.45. The molecule has 0 heterocycles. The van der Waals surface area contributed by atoms with Crippen molar-refractivity contribution in [3.63, 3.8) is 0 Å². The molecule has 0 N–H and O–H groups in total. The smallest absolute Gasteiger partial charge is 0.0340 e. The average Bonchev–Trinajstić information content (AvgIpc) is 2.40. The molecular weight excluding hydrogens is 236 g/mol. The Labute approximate surface area is 113 Å². The lowest BCUT2D eigenvalue weighted by Gasteiger charge is -2.29. The zero-order chi connectivity index (χ0) is 13.2. The van der Waals surface area contributed by atoms with Gasteiger partial charge in [0.1, 0.15) is 0 Å². The maximum Gasteiger partial charge on any atom is 0.0340 e. The number of hydrogen-bond donors (Lipinski definition) is 0. The van der Waals surface area contributed by atoms with Crippen molar-refractivity contribution >= 4 is 16.4 Å². The number of benzene rings is 2. The lowest BCUT2D eigenvalue weighted by Crippen LogP contribution is -2.14. The molecule has 2 aromatic carbocycles. The minimum Gasteiger partial charge on any atom is -0.152 e. The Hall–Kier alpha value is -1.34. The van der Waals surface area contributed by atoms with Crippen LogP contribution in [0.4, 0.5) is 0 Å². The summed E-state index contributed by atoms with van der Waals surface area (Å²) in [6.07, 6.45) is 0. The van der Waals surface area contributed by atoms with Crippen molar-refractivity contribution in [3.8, 4) is 0 Å². The Balaban J connectivity index is 2.36. The Morgan fingerprint density at radius 1 is 0.889 bits per heavy atom. The van der Waals surface area contributed by atoms with Crippen LogP contribution in [0, 0.1) is 6.92 Å². The first-order valence-electron chi connectivity index (χ1n) is 6.18. The van der Waals surface area contributed by atoms with Gasteiger partial charge < -0.3 is 0 Å². The summed E-state index contributed by atoms with van der Waals surface area (Å²) in [6.45, 7) is 6.67. The SMILES string of the molecule is C=S(c1ccc(C)cc1)C(C)(C)c1ccccc1. The van der Waals surface area contributed by atoms with Gasteiger partial charge in [0.2, 0.25) is 0 Å². The summed E-state index contributed by atoms with van der Waals surface area (Å²) >= 11 is 0. The Morgan fingerprint density at radius 2 is 1.44 bits per heavy atom. The van der Waals surface area contributed by atoms with Crippen molar-refractivity contribution < 1.29 is 0 Å². The Kier molecular flexibility index (Phi) is 3.72. The highest BCUT2D eigenvalue weighted by Crippen LogP contribution is 2.45. The molecule has 0 saturated carbocycles. The summed E-state index contributed by atoms with van der Waals surface area (Å²) < 4.78 is 0.0660. The zero-order valence-corrected chi connectivity index (χ0v) is 12.1. The van der Waals surface area contributed by atoms with Crippen molar-refractivity contribution in [3.05, 3.63) is 65.7 Å². The molecule has 1 heteroatoms. The Bertz CT molecular complexity index is 536. The molecule has 0 aliphatic heterocycles. The van der Waals surface area contributed by atoms with Gasteiger partial charge in [-0.15, -0.1) is 0 Å². The van der Waals surface area contributed by atoms with Gasteiger partial charge in [0.05, 0.1) is 0 Å². The molecule has 0 spiro atoms. The summed E-state index contributed by atoms with van der Waals surface area (Å²) in [5, 5.41) is 0. The molecule has 0 saturated heterocycles. The molecule has 2 aromatic rings. The molecule has 0 aromatic heterocycles. The lowest BCUT2D eigenvalue weighted by atomic mass is 10.0. The maximum atomic E-state index is 4.41. The highest BCUT2D eigenvalue weighted by molar-refractivity contribution is 8.14. The van der Waals surface area contributed by atoms with Gasteiger partial charge in [-0.3, -0.25) is 0 Å². The molecule has 0 bridgehead atoms. The lowest BCUT2D eigenvalue weighted by molar-refractivity contribution is 0.780. The van der Waals surface area contributed by atoms with E-state index in [1.807, 2.05) is 0 Å². The third-order valence-electron chi connectivity index (χ3n) is 3.39. The molecule has 0 nitrogen and oxygen atoms in total. The van der Waals surface area contributed by atoms with Gasteiger partial charge in [-0.2, -0.15) is 10.5 Å². The van der Waals surface area contributed by atoms with Gasteiger partial charge in [0, 0.05) is 9.64 Å². The van der Waals surface area contributed by atoms with E-state index in [4.69, 9.17) is 0 Å². The fourth-order valence-electron chi connectivity index (χ4n) is 1.98. The van der Waals surface area contributed by atoms with E-state index >= 15 is 0 Å². The van der Waals surface area contributed by atoms with Gasteiger partial charge in [0.15, 0.2) is 0 Å². The van der Waals surface area contributed by atoms with E-state index in [0.717, 1.165) is 0 Å². The van der Waals surface area contributed by atoms with E-state index in [1.54, 1.807) is 0 Å². The van der Waals surface area contributed by atoms with Crippen LogP contribution in [-0.4, -0.2) is 5.87 Å². The number of hydrogen-bond acceptors (Lipinski definition) is 0. The van der Waals surface area contributed by atoms with Crippen LogP contribution < -0.4 is 0 Å².